The average molecular weight is 305 g/mol. The highest BCUT2D eigenvalue weighted by Crippen LogP contribution is 2.22. The van der Waals surface area contributed by atoms with E-state index in [4.69, 9.17) is 0 Å². The lowest BCUT2D eigenvalue weighted by Crippen LogP contribution is -2.42. The van der Waals surface area contributed by atoms with Crippen LogP contribution in [-0.4, -0.2) is 35.4 Å². The highest BCUT2D eigenvalue weighted by atomic mass is 16.6. The Morgan fingerprint density at radius 3 is 2.55 bits per heavy atom. The number of likely N-dealkylation sites (tertiary alicyclic amines) is 1. The Kier molecular flexibility index (Phi) is 5.13. The van der Waals surface area contributed by atoms with Crippen molar-refractivity contribution in [2.45, 2.75) is 27.2 Å². The molecule has 2 rings (SSSR count). The van der Waals surface area contributed by atoms with Crippen molar-refractivity contribution >= 4 is 17.3 Å². The van der Waals surface area contributed by atoms with E-state index in [0.29, 0.717) is 29.6 Å². The fraction of sp³-hybridized carbons (Fsp3) is 0.562. The van der Waals surface area contributed by atoms with Gasteiger partial charge in [0.05, 0.1) is 11.5 Å². The van der Waals surface area contributed by atoms with Crippen LogP contribution in [0.25, 0.3) is 0 Å². The number of carbonyl (C=O) groups excluding carboxylic acids is 1. The van der Waals surface area contributed by atoms with Crippen LogP contribution in [0.1, 0.15) is 25.8 Å². The molecule has 1 fully saturated rings. The van der Waals surface area contributed by atoms with Gasteiger partial charge in [0.1, 0.15) is 0 Å². The summed E-state index contributed by atoms with van der Waals surface area (Å²) < 4.78 is 0. The van der Waals surface area contributed by atoms with Gasteiger partial charge in [-0.2, -0.15) is 0 Å². The van der Waals surface area contributed by atoms with E-state index in [9.17, 15) is 14.9 Å². The van der Waals surface area contributed by atoms with Crippen molar-refractivity contribution in [1.29, 1.82) is 0 Å². The fourth-order valence-electron chi connectivity index (χ4n) is 3.22. The molecule has 120 valence electrons. The van der Waals surface area contributed by atoms with Gasteiger partial charge in [-0.25, -0.2) is 0 Å². The highest BCUT2D eigenvalue weighted by molar-refractivity contribution is 5.93. The monoisotopic (exact) mass is 305 g/mol. The van der Waals surface area contributed by atoms with Crippen LogP contribution in [0.15, 0.2) is 18.2 Å². The molecule has 0 bridgehead atoms. The van der Waals surface area contributed by atoms with Crippen molar-refractivity contribution in [3.05, 3.63) is 33.9 Å². The Labute approximate surface area is 130 Å². The number of rotatable bonds is 4. The van der Waals surface area contributed by atoms with Crippen LogP contribution < -0.4 is 5.32 Å². The summed E-state index contributed by atoms with van der Waals surface area (Å²) in [5.74, 6) is 1.15. The molecule has 1 aliphatic rings. The van der Waals surface area contributed by atoms with Crippen LogP contribution in [0.3, 0.4) is 0 Å². The second-order valence-corrected chi connectivity index (χ2v) is 6.44. The van der Waals surface area contributed by atoms with Gasteiger partial charge in [0.15, 0.2) is 0 Å². The van der Waals surface area contributed by atoms with E-state index in [1.807, 2.05) is 0 Å². The first kappa shape index (κ1) is 16.4. The summed E-state index contributed by atoms with van der Waals surface area (Å²) in [5, 5.41) is 13.6. The number of nitrogens with zero attached hydrogens (tertiary/aromatic N) is 2. The molecule has 0 radical (unpaired) electrons. The smallest absolute Gasteiger partial charge is 0.269 e. The van der Waals surface area contributed by atoms with E-state index in [-0.39, 0.29) is 11.6 Å². The van der Waals surface area contributed by atoms with Crippen LogP contribution in [0.2, 0.25) is 0 Å². The molecule has 1 amide bonds. The third-order valence-corrected chi connectivity index (χ3v) is 4.01. The van der Waals surface area contributed by atoms with Crippen LogP contribution in [-0.2, 0) is 4.79 Å². The predicted octanol–water partition coefficient (Wildman–Crippen LogP) is 2.82. The lowest BCUT2D eigenvalue weighted by atomic mass is 9.92. The van der Waals surface area contributed by atoms with Gasteiger partial charge in [0, 0.05) is 30.9 Å². The summed E-state index contributed by atoms with van der Waals surface area (Å²) in [5.41, 5.74) is 1.37. The second kappa shape index (κ2) is 6.87. The van der Waals surface area contributed by atoms with Crippen molar-refractivity contribution in [3.8, 4) is 0 Å². The number of hydrogen-bond acceptors (Lipinski definition) is 4. The third kappa shape index (κ3) is 4.27. The minimum Gasteiger partial charge on any atom is -0.325 e. The molecule has 0 aromatic heterocycles. The molecule has 1 saturated heterocycles. The number of amides is 1. The number of aryl methyl sites for hydroxylation is 1. The van der Waals surface area contributed by atoms with Crippen molar-refractivity contribution in [3.63, 3.8) is 0 Å². The SMILES string of the molecule is Cc1cc([N+](=O)[O-])ccc1NC(=O)CN1C[C@@H](C)C[C@H](C)C1. The van der Waals surface area contributed by atoms with Gasteiger partial charge in [-0.1, -0.05) is 13.8 Å². The van der Waals surface area contributed by atoms with Gasteiger partial charge >= 0.3 is 0 Å². The molecule has 1 aliphatic heterocycles. The first-order chi connectivity index (χ1) is 10.3. The first-order valence-corrected chi connectivity index (χ1v) is 7.62. The van der Waals surface area contributed by atoms with E-state index >= 15 is 0 Å². The lowest BCUT2D eigenvalue weighted by Gasteiger charge is -2.34. The molecular weight excluding hydrogens is 282 g/mol. The van der Waals surface area contributed by atoms with E-state index in [1.165, 1.54) is 18.6 Å². The Morgan fingerprint density at radius 2 is 2.00 bits per heavy atom. The average Bonchev–Trinajstić information content (AvgIpc) is 2.39. The maximum atomic E-state index is 12.2. The molecular formula is C16H23N3O3. The number of hydrogen-bond donors (Lipinski definition) is 1. The number of nitro benzene ring substituents is 1. The van der Waals surface area contributed by atoms with Crippen molar-refractivity contribution in [2.24, 2.45) is 11.8 Å². The van der Waals surface area contributed by atoms with Gasteiger partial charge in [-0.05, 0) is 36.8 Å². The summed E-state index contributed by atoms with van der Waals surface area (Å²) in [4.78, 5) is 24.6. The molecule has 6 heteroatoms. The number of benzene rings is 1. The molecule has 0 unspecified atom stereocenters. The Bertz CT molecular complexity index is 564. The summed E-state index contributed by atoms with van der Waals surface area (Å²) >= 11 is 0. The van der Waals surface area contributed by atoms with Crippen molar-refractivity contribution in [2.75, 3.05) is 25.0 Å². The van der Waals surface area contributed by atoms with E-state index in [0.717, 1.165) is 13.1 Å². The quantitative estimate of drug-likeness (QED) is 0.685. The summed E-state index contributed by atoms with van der Waals surface area (Å²) in [6.45, 7) is 8.43. The van der Waals surface area contributed by atoms with Crippen LogP contribution in [0.5, 0.6) is 0 Å². The molecule has 0 aliphatic carbocycles. The van der Waals surface area contributed by atoms with E-state index in [2.05, 4.69) is 24.1 Å². The Balaban J connectivity index is 1.96. The normalized spacial score (nSPS) is 22.3. The number of carbonyl (C=O) groups is 1. The number of nitro groups is 1. The zero-order valence-corrected chi connectivity index (χ0v) is 13.3. The molecule has 1 heterocycles. The molecule has 1 aromatic carbocycles. The number of anilines is 1. The van der Waals surface area contributed by atoms with Crippen LogP contribution in [0, 0.1) is 28.9 Å². The highest BCUT2D eigenvalue weighted by Gasteiger charge is 2.23. The van der Waals surface area contributed by atoms with Crippen molar-refractivity contribution < 1.29 is 9.72 Å². The summed E-state index contributed by atoms with van der Waals surface area (Å²) in [7, 11) is 0. The summed E-state index contributed by atoms with van der Waals surface area (Å²) in [6.07, 6.45) is 1.21. The largest absolute Gasteiger partial charge is 0.325 e. The number of non-ortho nitro benzene ring substituents is 1. The fourth-order valence-corrected chi connectivity index (χ4v) is 3.22. The molecule has 1 N–H and O–H groups in total. The zero-order valence-electron chi connectivity index (χ0n) is 13.3. The number of piperidine rings is 1. The number of nitrogens with one attached hydrogen (secondary N) is 1. The van der Waals surface area contributed by atoms with Gasteiger partial charge in [-0.15, -0.1) is 0 Å². The molecule has 2 atom stereocenters. The van der Waals surface area contributed by atoms with Crippen LogP contribution in [0.4, 0.5) is 11.4 Å². The van der Waals surface area contributed by atoms with Crippen molar-refractivity contribution in [1.82, 2.24) is 4.90 Å². The van der Waals surface area contributed by atoms with Gasteiger partial charge < -0.3 is 5.32 Å². The maximum Gasteiger partial charge on any atom is 0.269 e. The van der Waals surface area contributed by atoms with E-state index in [1.54, 1.807) is 13.0 Å². The lowest BCUT2D eigenvalue weighted by molar-refractivity contribution is -0.384. The molecule has 0 saturated carbocycles. The molecule has 1 aromatic rings. The summed E-state index contributed by atoms with van der Waals surface area (Å²) in [6, 6.07) is 4.47. The molecule has 6 nitrogen and oxygen atoms in total. The third-order valence-electron chi connectivity index (χ3n) is 4.01. The van der Waals surface area contributed by atoms with E-state index < -0.39 is 4.92 Å². The Morgan fingerprint density at radius 1 is 1.36 bits per heavy atom. The predicted molar refractivity (Wildman–Crippen MR) is 85.8 cm³/mol. The van der Waals surface area contributed by atoms with Gasteiger partial charge in [0.2, 0.25) is 5.91 Å². The second-order valence-electron chi connectivity index (χ2n) is 6.44. The van der Waals surface area contributed by atoms with Crippen LogP contribution >= 0.6 is 0 Å². The Hall–Kier alpha value is -1.95. The zero-order chi connectivity index (χ0) is 16.3. The molecule has 22 heavy (non-hydrogen) atoms. The maximum absolute atomic E-state index is 12.2. The molecule has 0 spiro atoms. The topological polar surface area (TPSA) is 75.5 Å². The standard InChI is InChI=1S/C16H23N3O3/c1-11-6-12(2)9-18(8-11)10-16(20)17-15-5-4-14(19(21)22)7-13(15)3/h4-5,7,11-12H,6,8-10H2,1-3H3,(H,17,20)/t11-,12-/m0/s1. The minimum atomic E-state index is -0.435. The van der Waals surface area contributed by atoms with Gasteiger partial charge in [-0.3, -0.25) is 19.8 Å². The van der Waals surface area contributed by atoms with Gasteiger partial charge in [0.25, 0.3) is 5.69 Å². The minimum absolute atomic E-state index is 0.0363. The first-order valence-electron chi connectivity index (χ1n) is 7.62.